The third-order valence-corrected chi connectivity index (χ3v) is 3.89. The van der Waals surface area contributed by atoms with E-state index in [0.717, 1.165) is 22.5 Å². The van der Waals surface area contributed by atoms with Crippen molar-refractivity contribution in [3.8, 4) is 5.75 Å². The molecule has 0 aliphatic rings. The number of aromatic nitrogens is 1. The number of benzene rings is 1. The van der Waals surface area contributed by atoms with Crippen LogP contribution in [0.25, 0.3) is 0 Å². The minimum absolute atomic E-state index is 0.0330. The largest absolute Gasteiger partial charge is 0.482 e. The first-order valence-corrected chi connectivity index (χ1v) is 8.36. The van der Waals surface area contributed by atoms with E-state index in [9.17, 15) is 4.79 Å². The lowest BCUT2D eigenvalue weighted by molar-refractivity contribution is -0.118. The van der Waals surface area contributed by atoms with Gasteiger partial charge in [0.15, 0.2) is 6.61 Å². The second-order valence-electron chi connectivity index (χ2n) is 6.59. The van der Waals surface area contributed by atoms with Crippen molar-refractivity contribution >= 4 is 11.6 Å². The zero-order chi connectivity index (χ0) is 17.7. The summed E-state index contributed by atoms with van der Waals surface area (Å²) in [4.78, 5) is 16.5. The van der Waals surface area contributed by atoms with Gasteiger partial charge in [-0.3, -0.25) is 9.78 Å². The Labute approximate surface area is 144 Å². The third-order valence-electron chi connectivity index (χ3n) is 3.89. The number of hydrogen-bond acceptors (Lipinski definition) is 3. The quantitative estimate of drug-likeness (QED) is 0.840. The lowest BCUT2D eigenvalue weighted by Gasteiger charge is -2.20. The number of anilines is 1. The fraction of sp³-hybridized carbons (Fsp3) is 0.400. The standard InChI is InChI=1S/C20H26N2O2/c1-13(2)17-7-6-8-18(14(3)4)20(17)22-19(23)12-24-16-10-9-15(5)21-11-16/h6-11,13-14H,12H2,1-5H3,(H,22,23). The van der Waals surface area contributed by atoms with Crippen LogP contribution < -0.4 is 10.1 Å². The molecule has 128 valence electrons. The van der Waals surface area contributed by atoms with Gasteiger partial charge in [0.2, 0.25) is 0 Å². The SMILES string of the molecule is Cc1ccc(OCC(=O)Nc2c(C(C)C)cccc2C(C)C)cn1. The van der Waals surface area contributed by atoms with Gasteiger partial charge in [-0.1, -0.05) is 45.9 Å². The Morgan fingerprint density at radius 3 is 2.21 bits per heavy atom. The lowest BCUT2D eigenvalue weighted by Crippen LogP contribution is -2.22. The van der Waals surface area contributed by atoms with Crippen molar-refractivity contribution in [1.29, 1.82) is 0 Å². The molecule has 0 aliphatic carbocycles. The van der Waals surface area contributed by atoms with Crippen LogP contribution in [0.5, 0.6) is 5.75 Å². The van der Waals surface area contributed by atoms with E-state index in [2.05, 4.69) is 56.2 Å². The van der Waals surface area contributed by atoms with E-state index in [-0.39, 0.29) is 12.5 Å². The van der Waals surface area contributed by atoms with E-state index in [1.165, 1.54) is 0 Å². The number of ether oxygens (including phenoxy) is 1. The van der Waals surface area contributed by atoms with Crippen molar-refractivity contribution in [3.63, 3.8) is 0 Å². The van der Waals surface area contributed by atoms with Gasteiger partial charge in [0, 0.05) is 11.4 Å². The number of nitrogens with one attached hydrogen (secondary N) is 1. The highest BCUT2D eigenvalue weighted by molar-refractivity contribution is 5.93. The van der Waals surface area contributed by atoms with E-state index in [1.807, 2.05) is 19.1 Å². The average Bonchev–Trinajstić information content (AvgIpc) is 2.54. The molecule has 0 bridgehead atoms. The first-order chi connectivity index (χ1) is 11.4. The van der Waals surface area contributed by atoms with Gasteiger partial charge in [-0.15, -0.1) is 0 Å². The van der Waals surface area contributed by atoms with Gasteiger partial charge in [0.1, 0.15) is 5.75 Å². The molecule has 1 aromatic heterocycles. The van der Waals surface area contributed by atoms with Crippen LogP contribution in [0, 0.1) is 6.92 Å². The number of rotatable bonds is 6. The Morgan fingerprint density at radius 1 is 1.08 bits per heavy atom. The second kappa shape index (κ2) is 7.95. The Bertz CT molecular complexity index is 665. The first kappa shape index (κ1) is 18.0. The van der Waals surface area contributed by atoms with E-state index in [4.69, 9.17) is 4.74 Å². The monoisotopic (exact) mass is 326 g/mol. The second-order valence-corrected chi connectivity index (χ2v) is 6.59. The summed E-state index contributed by atoms with van der Waals surface area (Å²) in [5.74, 6) is 1.10. The molecule has 4 nitrogen and oxygen atoms in total. The molecule has 4 heteroatoms. The molecule has 0 radical (unpaired) electrons. The molecule has 1 N–H and O–H groups in total. The van der Waals surface area contributed by atoms with Gasteiger partial charge in [0.25, 0.3) is 5.91 Å². The molecule has 0 unspecified atom stereocenters. The molecule has 0 spiro atoms. The number of hydrogen-bond donors (Lipinski definition) is 1. The molecule has 2 aromatic rings. The number of aryl methyl sites for hydroxylation is 1. The summed E-state index contributed by atoms with van der Waals surface area (Å²) < 4.78 is 5.52. The summed E-state index contributed by atoms with van der Waals surface area (Å²) >= 11 is 0. The Balaban J connectivity index is 2.11. The molecule has 1 heterocycles. The topological polar surface area (TPSA) is 51.2 Å². The maximum absolute atomic E-state index is 12.3. The first-order valence-electron chi connectivity index (χ1n) is 8.36. The highest BCUT2D eigenvalue weighted by atomic mass is 16.5. The summed E-state index contributed by atoms with van der Waals surface area (Å²) in [6, 6.07) is 9.86. The molecule has 0 aliphatic heterocycles. The van der Waals surface area contributed by atoms with E-state index < -0.39 is 0 Å². The smallest absolute Gasteiger partial charge is 0.262 e. The molecule has 0 saturated carbocycles. The maximum Gasteiger partial charge on any atom is 0.262 e. The average molecular weight is 326 g/mol. The molecule has 1 aromatic carbocycles. The minimum Gasteiger partial charge on any atom is -0.482 e. The van der Waals surface area contributed by atoms with E-state index >= 15 is 0 Å². The predicted octanol–water partition coefficient (Wildman–Crippen LogP) is 4.65. The fourth-order valence-corrected chi connectivity index (χ4v) is 2.56. The third kappa shape index (κ3) is 4.57. The Hall–Kier alpha value is -2.36. The molecular formula is C20H26N2O2. The van der Waals surface area contributed by atoms with Gasteiger partial charge in [0.05, 0.1) is 6.20 Å². The van der Waals surface area contributed by atoms with Crippen LogP contribution in [0.2, 0.25) is 0 Å². The van der Waals surface area contributed by atoms with Crippen molar-refractivity contribution in [3.05, 3.63) is 53.3 Å². The van der Waals surface area contributed by atoms with Gasteiger partial charge >= 0.3 is 0 Å². The number of nitrogens with zero attached hydrogens (tertiary/aromatic N) is 1. The van der Waals surface area contributed by atoms with Crippen LogP contribution in [-0.2, 0) is 4.79 Å². The van der Waals surface area contributed by atoms with Gasteiger partial charge in [-0.25, -0.2) is 0 Å². The van der Waals surface area contributed by atoms with Gasteiger partial charge in [-0.2, -0.15) is 0 Å². The fourth-order valence-electron chi connectivity index (χ4n) is 2.56. The normalized spacial score (nSPS) is 11.0. The van der Waals surface area contributed by atoms with E-state index in [0.29, 0.717) is 17.6 Å². The van der Waals surface area contributed by atoms with Crippen molar-refractivity contribution in [2.45, 2.75) is 46.5 Å². The molecule has 0 saturated heterocycles. The number of pyridine rings is 1. The van der Waals surface area contributed by atoms with Crippen LogP contribution >= 0.6 is 0 Å². The highest BCUT2D eigenvalue weighted by Gasteiger charge is 2.16. The highest BCUT2D eigenvalue weighted by Crippen LogP contribution is 2.32. The van der Waals surface area contributed by atoms with Gasteiger partial charge in [-0.05, 0) is 42.0 Å². The molecule has 2 rings (SSSR count). The number of carbonyl (C=O) groups is 1. The molecular weight excluding hydrogens is 300 g/mol. The van der Waals surface area contributed by atoms with Crippen molar-refractivity contribution in [2.24, 2.45) is 0 Å². The van der Waals surface area contributed by atoms with E-state index in [1.54, 1.807) is 6.20 Å². The maximum atomic E-state index is 12.3. The molecule has 24 heavy (non-hydrogen) atoms. The zero-order valence-electron chi connectivity index (χ0n) is 15.1. The lowest BCUT2D eigenvalue weighted by atomic mass is 9.92. The number of amides is 1. The van der Waals surface area contributed by atoms with Gasteiger partial charge < -0.3 is 10.1 Å². The van der Waals surface area contributed by atoms with Crippen LogP contribution in [0.1, 0.15) is 56.4 Å². The van der Waals surface area contributed by atoms with Crippen LogP contribution in [0.15, 0.2) is 36.5 Å². The Morgan fingerprint density at radius 2 is 1.71 bits per heavy atom. The number of para-hydroxylation sites is 1. The summed E-state index contributed by atoms with van der Waals surface area (Å²) in [6.07, 6.45) is 1.63. The minimum atomic E-state index is -0.162. The molecule has 0 fully saturated rings. The Kier molecular flexibility index (Phi) is 5.96. The summed E-state index contributed by atoms with van der Waals surface area (Å²) in [7, 11) is 0. The predicted molar refractivity (Wildman–Crippen MR) is 97.7 cm³/mol. The van der Waals surface area contributed by atoms with Crippen molar-refractivity contribution < 1.29 is 9.53 Å². The molecule has 0 atom stereocenters. The summed E-state index contributed by atoms with van der Waals surface area (Å²) in [6.45, 7) is 10.4. The molecule has 1 amide bonds. The van der Waals surface area contributed by atoms with Crippen molar-refractivity contribution in [2.75, 3.05) is 11.9 Å². The zero-order valence-corrected chi connectivity index (χ0v) is 15.1. The number of carbonyl (C=O) groups excluding carboxylic acids is 1. The summed E-state index contributed by atoms with van der Waals surface area (Å²) in [5, 5.41) is 3.04. The van der Waals surface area contributed by atoms with Crippen molar-refractivity contribution in [1.82, 2.24) is 4.98 Å². The van der Waals surface area contributed by atoms with Crippen LogP contribution in [0.4, 0.5) is 5.69 Å². The summed E-state index contributed by atoms with van der Waals surface area (Å²) in [5.41, 5.74) is 4.12. The van der Waals surface area contributed by atoms with Crippen LogP contribution in [0.3, 0.4) is 0 Å². The van der Waals surface area contributed by atoms with Crippen LogP contribution in [-0.4, -0.2) is 17.5 Å².